The standard InChI is InChI=1S/C21H26N2O4/c1-2-14-23(22-26)15-18(24)16-27-21-11-7-6-10-19(21)20(25)13-12-17-8-4-3-5-9-17/h3-11,18,24H,2,12-16H2,1H3/i1D3,2D2. The first-order valence-corrected chi connectivity index (χ1v) is 8.59. The maximum Gasteiger partial charge on any atom is 0.166 e. The molecule has 2 aromatic rings. The Morgan fingerprint density at radius 1 is 1.26 bits per heavy atom. The van der Waals surface area contributed by atoms with Crippen LogP contribution in [0.2, 0.25) is 0 Å². The van der Waals surface area contributed by atoms with Gasteiger partial charge in [0.05, 0.1) is 17.4 Å². The number of benzene rings is 2. The predicted molar refractivity (Wildman–Crippen MR) is 105 cm³/mol. The van der Waals surface area contributed by atoms with Gasteiger partial charge in [-0.05, 0) is 30.5 Å². The molecule has 1 atom stereocenters. The van der Waals surface area contributed by atoms with Gasteiger partial charge in [-0.15, -0.1) is 4.91 Å². The number of ketones is 1. The highest BCUT2D eigenvalue weighted by atomic mass is 16.5. The number of aliphatic hydroxyl groups is 1. The van der Waals surface area contributed by atoms with E-state index in [1.807, 2.05) is 30.3 Å². The molecule has 2 rings (SSSR count). The SMILES string of the molecule is [2H]C([2H])([2H])C([2H])([2H])CN(CC(O)COc1ccccc1C(=O)CCc1ccccc1)N=O. The first-order chi connectivity index (χ1) is 15.0. The lowest BCUT2D eigenvalue weighted by Gasteiger charge is -2.19. The lowest BCUT2D eigenvalue weighted by Crippen LogP contribution is -2.32. The molecule has 0 saturated heterocycles. The summed E-state index contributed by atoms with van der Waals surface area (Å²) in [5, 5.41) is 13.4. The monoisotopic (exact) mass is 375 g/mol. The van der Waals surface area contributed by atoms with Crippen LogP contribution in [0.25, 0.3) is 0 Å². The molecule has 0 amide bonds. The van der Waals surface area contributed by atoms with Gasteiger partial charge in [-0.1, -0.05) is 49.3 Å². The minimum Gasteiger partial charge on any atom is -0.490 e. The largest absolute Gasteiger partial charge is 0.490 e. The van der Waals surface area contributed by atoms with Crippen LogP contribution in [0.5, 0.6) is 5.75 Å². The molecule has 6 heteroatoms. The van der Waals surface area contributed by atoms with Crippen LogP contribution in [-0.4, -0.2) is 41.7 Å². The smallest absolute Gasteiger partial charge is 0.166 e. The molecule has 1 N–H and O–H groups in total. The molecule has 0 fully saturated rings. The summed E-state index contributed by atoms with van der Waals surface area (Å²) in [6.45, 7) is -4.48. The minimum absolute atomic E-state index is 0.124. The lowest BCUT2D eigenvalue weighted by molar-refractivity contribution is 0.0677. The second kappa shape index (κ2) is 11.1. The topological polar surface area (TPSA) is 79.2 Å². The van der Waals surface area contributed by atoms with Gasteiger partial charge in [-0.2, -0.15) is 0 Å². The zero-order valence-corrected chi connectivity index (χ0v) is 14.9. The minimum atomic E-state index is -2.95. The Morgan fingerprint density at radius 3 is 2.74 bits per heavy atom. The van der Waals surface area contributed by atoms with Crippen molar-refractivity contribution in [3.8, 4) is 5.75 Å². The van der Waals surface area contributed by atoms with Crippen LogP contribution in [0.4, 0.5) is 0 Å². The summed E-state index contributed by atoms with van der Waals surface area (Å²) in [4.78, 5) is 23.6. The van der Waals surface area contributed by atoms with Gasteiger partial charge in [0.2, 0.25) is 0 Å². The lowest BCUT2D eigenvalue weighted by atomic mass is 10.0. The van der Waals surface area contributed by atoms with Crippen molar-refractivity contribution in [2.45, 2.75) is 32.2 Å². The van der Waals surface area contributed by atoms with E-state index in [4.69, 9.17) is 11.6 Å². The number of para-hydroxylation sites is 1. The fourth-order valence-corrected chi connectivity index (χ4v) is 2.56. The zero-order chi connectivity index (χ0) is 23.8. The summed E-state index contributed by atoms with van der Waals surface area (Å²) in [6.07, 6.45) is -3.10. The molecule has 6 nitrogen and oxygen atoms in total. The molecule has 0 radical (unpaired) electrons. The van der Waals surface area contributed by atoms with Crippen LogP contribution in [0.3, 0.4) is 0 Å². The fourth-order valence-electron chi connectivity index (χ4n) is 2.56. The number of carbonyl (C=O) groups excluding carboxylic acids is 1. The van der Waals surface area contributed by atoms with Gasteiger partial charge in [-0.3, -0.25) is 9.80 Å². The van der Waals surface area contributed by atoms with E-state index >= 15 is 0 Å². The highest BCUT2D eigenvalue weighted by Crippen LogP contribution is 2.21. The number of Topliss-reactive ketones (excluding diaryl/α,β-unsaturated/α-hetero) is 1. The van der Waals surface area contributed by atoms with Crippen LogP contribution < -0.4 is 4.74 Å². The van der Waals surface area contributed by atoms with Crippen molar-refractivity contribution < 1.29 is 21.5 Å². The fraction of sp³-hybridized carbons (Fsp3) is 0.381. The van der Waals surface area contributed by atoms with E-state index < -0.39 is 32.4 Å². The Labute approximate surface area is 166 Å². The number of nitroso groups, excluding NO2 is 1. The van der Waals surface area contributed by atoms with Gasteiger partial charge in [0.25, 0.3) is 0 Å². The van der Waals surface area contributed by atoms with Gasteiger partial charge >= 0.3 is 0 Å². The zero-order valence-electron chi connectivity index (χ0n) is 19.9. The molecule has 2 aromatic carbocycles. The molecular formula is C21H26N2O4. The second-order valence-electron chi connectivity index (χ2n) is 5.98. The first-order valence-electron chi connectivity index (χ1n) is 11.1. The predicted octanol–water partition coefficient (Wildman–Crippen LogP) is 3.64. The summed E-state index contributed by atoms with van der Waals surface area (Å²) in [5.74, 6) is 0.147. The van der Waals surface area contributed by atoms with Crippen molar-refractivity contribution in [2.24, 2.45) is 5.29 Å². The highest BCUT2D eigenvalue weighted by Gasteiger charge is 2.15. The second-order valence-corrected chi connectivity index (χ2v) is 5.98. The normalized spacial score (nSPS) is 15.4. The van der Waals surface area contributed by atoms with E-state index in [0.717, 1.165) is 5.56 Å². The molecule has 0 aliphatic carbocycles. The molecule has 27 heavy (non-hydrogen) atoms. The van der Waals surface area contributed by atoms with Crippen molar-refractivity contribution >= 4 is 5.78 Å². The van der Waals surface area contributed by atoms with E-state index in [1.54, 1.807) is 24.3 Å². The summed E-state index contributed by atoms with van der Waals surface area (Å²) in [5.41, 5.74) is 1.40. The summed E-state index contributed by atoms with van der Waals surface area (Å²) in [6, 6.07) is 16.2. The van der Waals surface area contributed by atoms with Crippen molar-refractivity contribution in [3.05, 3.63) is 70.6 Å². The molecule has 0 aliphatic heterocycles. The Morgan fingerprint density at radius 2 is 2.00 bits per heavy atom. The van der Waals surface area contributed by atoms with Crippen LogP contribution in [0.1, 0.15) is 42.4 Å². The molecular weight excluding hydrogens is 344 g/mol. The average molecular weight is 375 g/mol. The Kier molecular flexibility index (Phi) is 5.89. The van der Waals surface area contributed by atoms with Gasteiger partial charge in [-0.25, -0.2) is 0 Å². The number of ether oxygens (including phenoxy) is 1. The Hall–Kier alpha value is -2.73. The first kappa shape index (κ1) is 14.3. The summed E-state index contributed by atoms with van der Waals surface area (Å²) in [7, 11) is 0. The molecule has 0 spiro atoms. The number of aliphatic hydroxyl groups excluding tert-OH is 1. The van der Waals surface area contributed by atoms with Crippen molar-refractivity contribution in [2.75, 3.05) is 19.7 Å². The van der Waals surface area contributed by atoms with E-state index in [0.29, 0.717) is 17.0 Å². The van der Waals surface area contributed by atoms with Crippen molar-refractivity contribution in [1.82, 2.24) is 5.01 Å². The van der Waals surface area contributed by atoms with Crippen molar-refractivity contribution in [1.29, 1.82) is 0 Å². The number of nitrogens with zero attached hydrogens (tertiary/aromatic N) is 2. The Bertz CT molecular complexity index is 893. The van der Waals surface area contributed by atoms with Crippen LogP contribution in [0.15, 0.2) is 59.9 Å². The molecule has 0 saturated carbocycles. The van der Waals surface area contributed by atoms with Gasteiger partial charge in [0.15, 0.2) is 5.78 Å². The molecule has 0 aliphatic rings. The third kappa shape index (κ3) is 6.83. The van der Waals surface area contributed by atoms with Crippen LogP contribution in [0, 0.1) is 4.91 Å². The van der Waals surface area contributed by atoms with E-state index in [-0.39, 0.29) is 24.6 Å². The third-order valence-electron chi connectivity index (χ3n) is 3.90. The van der Waals surface area contributed by atoms with E-state index in [1.165, 1.54) is 0 Å². The van der Waals surface area contributed by atoms with E-state index in [2.05, 4.69) is 5.29 Å². The molecule has 0 aromatic heterocycles. The quantitative estimate of drug-likeness (QED) is 0.348. The van der Waals surface area contributed by atoms with E-state index in [9.17, 15) is 14.8 Å². The number of hydrogen-bond acceptors (Lipinski definition) is 5. The number of carbonyl (C=O) groups is 1. The Balaban J connectivity index is 1.94. The summed E-state index contributed by atoms with van der Waals surface area (Å²) < 4.78 is 42.3. The average Bonchev–Trinajstić information content (AvgIpc) is 2.75. The highest BCUT2D eigenvalue weighted by molar-refractivity contribution is 5.98. The third-order valence-corrected chi connectivity index (χ3v) is 3.90. The summed E-state index contributed by atoms with van der Waals surface area (Å²) >= 11 is 0. The van der Waals surface area contributed by atoms with Gasteiger partial charge in [0, 0.05) is 19.8 Å². The molecule has 0 bridgehead atoms. The molecule has 1 unspecified atom stereocenters. The molecule has 144 valence electrons. The maximum atomic E-state index is 12.7. The van der Waals surface area contributed by atoms with Gasteiger partial charge < -0.3 is 9.84 Å². The number of hydrogen-bond donors (Lipinski definition) is 1. The number of rotatable bonds is 12. The van der Waals surface area contributed by atoms with Crippen LogP contribution in [-0.2, 0) is 6.42 Å². The molecule has 0 heterocycles. The maximum absolute atomic E-state index is 12.7. The number of aryl methyl sites for hydroxylation is 1. The van der Waals surface area contributed by atoms with Gasteiger partial charge in [0.1, 0.15) is 18.5 Å². The van der Waals surface area contributed by atoms with Crippen LogP contribution >= 0.6 is 0 Å². The van der Waals surface area contributed by atoms with Crippen molar-refractivity contribution in [3.63, 3.8) is 0 Å².